The van der Waals surface area contributed by atoms with Crippen molar-refractivity contribution in [2.45, 2.75) is 33.0 Å². The number of aromatic nitrogens is 1. The fourth-order valence-electron chi connectivity index (χ4n) is 1.40. The number of ether oxygens (including phenoxy) is 2. The molecule has 1 heterocycles. The van der Waals surface area contributed by atoms with Gasteiger partial charge in [-0.3, -0.25) is 0 Å². The van der Waals surface area contributed by atoms with E-state index in [-0.39, 0.29) is 6.29 Å². The zero-order chi connectivity index (χ0) is 13.4. The minimum Gasteiger partial charge on any atom is -0.356 e. The highest BCUT2D eigenvalue weighted by Gasteiger charge is 2.04. The molecule has 0 bridgehead atoms. The fraction of sp³-hybridized carbons (Fsp3) is 0.500. The third-order valence-corrected chi connectivity index (χ3v) is 2.88. The second-order valence-corrected chi connectivity index (χ2v) is 4.24. The first-order valence-electron chi connectivity index (χ1n) is 5.93. The average Bonchev–Trinajstić information content (AvgIpc) is 2.38. The maximum Gasteiger partial charge on any atom is 0.158 e. The van der Waals surface area contributed by atoms with E-state index in [9.17, 15) is 0 Å². The summed E-state index contributed by atoms with van der Waals surface area (Å²) in [5, 5.41) is 0.677. The van der Waals surface area contributed by atoms with Crippen molar-refractivity contribution in [3.8, 4) is 11.8 Å². The molecule has 0 aromatic carbocycles. The van der Waals surface area contributed by atoms with Crippen molar-refractivity contribution in [2.24, 2.45) is 0 Å². The SMILES string of the molecule is CCCC(OC)OCC#Cc1nccc(Cl)c1C. The zero-order valence-electron chi connectivity index (χ0n) is 11.0. The molecule has 0 fully saturated rings. The van der Waals surface area contributed by atoms with Gasteiger partial charge in [-0.25, -0.2) is 4.98 Å². The molecule has 1 atom stereocenters. The van der Waals surface area contributed by atoms with Gasteiger partial charge in [0.2, 0.25) is 0 Å². The lowest BCUT2D eigenvalue weighted by Gasteiger charge is -2.12. The standard InChI is InChI=1S/C14H18ClNO2/c1-4-6-14(17-3)18-10-5-7-13-11(2)12(15)8-9-16-13/h8-9,14H,4,6,10H2,1-3H3. The van der Waals surface area contributed by atoms with Gasteiger partial charge < -0.3 is 9.47 Å². The first kappa shape index (κ1) is 15.0. The van der Waals surface area contributed by atoms with Crippen LogP contribution in [0, 0.1) is 18.8 Å². The average molecular weight is 268 g/mol. The molecular weight excluding hydrogens is 250 g/mol. The number of rotatable bonds is 5. The lowest BCUT2D eigenvalue weighted by Crippen LogP contribution is -2.14. The molecule has 0 saturated heterocycles. The van der Waals surface area contributed by atoms with Gasteiger partial charge in [0.1, 0.15) is 12.3 Å². The summed E-state index contributed by atoms with van der Waals surface area (Å²) >= 11 is 5.98. The van der Waals surface area contributed by atoms with Gasteiger partial charge in [-0.2, -0.15) is 0 Å². The van der Waals surface area contributed by atoms with Crippen LogP contribution in [0.5, 0.6) is 0 Å². The van der Waals surface area contributed by atoms with Gasteiger partial charge >= 0.3 is 0 Å². The van der Waals surface area contributed by atoms with Crippen molar-refractivity contribution in [1.29, 1.82) is 0 Å². The molecule has 4 heteroatoms. The van der Waals surface area contributed by atoms with Crippen LogP contribution in [-0.4, -0.2) is 25.0 Å². The molecule has 1 aromatic heterocycles. The van der Waals surface area contributed by atoms with Crippen LogP contribution in [0.3, 0.4) is 0 Å². The second kappa shape index (κ2) is 8.10. The summed E-state index contributed by atoms with van der Waals surface area (Å²) in [5.74, 6) is 5.87. The van der Waals surface area contributed by atoms with Gasteiger partial charge in [0.15, 0.2) is 6.29 Å². The maximum absolute atomic E-state index is 5.98. The third kappa shape index (κ3) is 4.66. The molecule has 0 radical (unpaired) electrons. The van der Waals surface area contributed by atoms with Gasteiger partial charge in [0, 0.05) is 23.9 Å². The summed E-state index contributed by atoms with van der Waals surface area (Å²) in [4.78, 5) is 4.17. The Morgan fingerprint density at radius 2 is 2.28 bits per heavy atom. The molecule has 0 N–H and O–H groups in total. The van der Waals surface area contributed by atoms with E-state index in [1.165, 1.54) is 0 Å². The van der Waals surface area contributed by atoms with Crippen molar-refractivity contribution < 1.29 is 9.47 Å². The number of hydrogen-bond acceptors (Lipinski definition) is 3. The number of pyridine rings is 1. The summed E-state index contributed by atoms with van der Waals surface area (Å²) in [7, 11) is 1.64. The molecule has 0 amide bonds. The number of methoxy groups -OCH3 is 1. The monoisotopic (exact) mass is 267 g/mol. The molecule has 1 aromatic rings. The van der Waals surface area contributed by atoms with Gasteiger partial charge in [-0.1, -0.05) is 30.9 Å². The van der Waals surface area contributed by atoms with Gasteiger partial charge in [0.05, 0.1) is 0 Å². The minimum absolute atomic E-state index is 0.183. The molecular formula is C14H18ClNO2. The Balaban J connectivity index is 2.53. The second-order valence-electron chi connectivity index (χ2n) is 3.83. The maximum atomic E-state index is 5.98. The molecule has 0 aliphatic rings. The Bertz CT molecular complexity index is 437. The first-order chi connectivity index (χ1) is 8.69. The van der Waals surface area contributed by atoms with Crippen LogP contribution in [0.2, 0.25) is 5.02 Å². The van der Waals surface area contributed by atoms with E-state index in [2.05, 4.69) is 23.7 Å². The molecule has 0 aliphatic carbocycles. The van der Waals surface area contributed by atoms with Crippen molar-refractivity contribution >= 4 is 11.6 Å². The summed E-state index contributed by atoms with van der Waals surface area (Å²) in [5.41, 5.74) is 1.58. The Morgan fingerprint density at radius 1 is 1.50 bits per heavy atom. The molecule has 3 nitrogen and oxygen atoms in total. The van der Waals surface area contributed by atoms with Crippen LogP contribution in [0.15, 0.2) is 12.3 Å². The predicted molar refractivity (Wildman–Crippen MR) is 72.5 cm³/mol. The Hall–Kier alpha value is -1.08. The van der Waals surface area contributed by atoms with Crippen LogP contribution < -0.4 is 0 Å². The van der Waals surface area contributed by atoms with E-state index in [0.29, 0.717) is 17.3 Å². The Morgan fingerprint density at radius 3 is 2.94 bits per heavy atom. The number of hydrogen-bond donors (Lipinski definition) is 0. The first-order valence-corrected chi connectivity index (χ1v) is 6.31. The van der Waals surface area contributed by atoms with E-state index < -0.39 is 0 Å². The summed E-state index contributed by atoms with van der Waals surface area (Å²) < 4.78 is 10.6. The highest BCUT2D eigenvalue weighted by atomic mass is 35.5. The van der Waals surface area contributed by atoms with E-state index in [4.69, 9.17) is 21.1 Å². The number of nitrogens with zero attached hydrogens (tertiary/aromatic N) is 1. The Kier molecular flexibility index (Phi) is 6.74. The van der Waals surface area contributed by atoms with Gasteiger partial charge in [-0.05, 0) is 25.3 Å². The lowest BCUT2D eigenvalue weighted by atomic mass is 10.2. The smallest absolute Gasteiger partial charge is 0.158 e. The Labute approximate surface area is 113 Å². The van der Waals surface area contributed by atoms with Crippen LogP contribution in [-0.2, 0) is 9.47 Å². The summed E-state index contributed by atoms with van der Waals surface area (Å²) in [6.45, 7) is 4.31. The predicted octanol–water partition coefficient (Wildman–Crippen LogP) is 3.18. The molecule has 98 valence electrons. The summed E-state index contributed by atoms with van der Waals surface area (Å²) in [6, 6.07) is 1.75. The van der Waals surface area contributed by atoms with E-state index in [1.807, 2.05) is 6.92 Å². The highest BCUT2D eigenvalue weighted by Crippen LogP contribution is 2.15. The van der Waals surface area contributed by atoms with Gasteiger partial charge in [-0.15, -0.1) is 0 Å². The molecule has 0 saturated carbocycles. The van der Waals surface area contributed by atoms with E-state index >= 15 is 0 Å². The van der Waals surface area contributed by atoms with Crippen LogP contribution in [0.25, 0.3) is 0 Å². The topological polar surface area (TPSA) is 31.4 Å². The zero-order valence-corrected chi connectivity index (χ0v) is 11.8. The molecule has 18 heavy (non-hydrogen) atoms. The minimum atomic E-state index is -0.183. The molecule has 0 aliphatic heterocycles. The molecule has 1 rings (SSSR count). The van der Waals surface area contributed by atoms with E-state index in [0.717, 1.165) is 18.4 Å². The summed E-state index contributed by atoms with van der Waals surface area (Å²) in [6.07, 6.45) is 3.35. The van der Waals surface area contributed by atoms with Crippen LogP contribution in [0.1, 0.15) is 31.0 Å². The van der Waals surface area contributed by atoms with Crippen molar-refractivity contribution in [1.82, 2.24) is 4.98 Å². The van der Waals surface area contributed by atoms with Crippen LogP contribution >= 0.6 is 11.6 Å². The van der Waals surface area contributed by atoms with Gasteiger partial charge in [0.25, 0.3) is 0 Å². The quantitative estimate of drug-likeness (QED) is 0.607. The van der Waals surface area contributed by atoms with E-state index in [1.54, 1.807) is 19.4 Å². The van der Waals surface area contributed by atoms with Crippen molar-refractivity contribution in [3.63, 3.8) is 0 Å². The number of halogens is 1. The lowest BCUT2D eigenvalue weighted by molar-refractivity contribution is -0.117. The third-order valence-electron chi connectivity index (χ3n) is 2.47. The van der Waals surface area contributed by atoms with Crippen LogP contribution in [0.4, 0.5) is 0 Å². The largest absolute Gasteiger partial charge is 0.356 e. The fourth-order valence-corrected chi connectivity index (χ4v) is 1.54. The molecule has 1 unspecified atom stereocenters. The normalized spacial score (nSPS) is 11.8. The molecule has 0 spiro atoms. The highest BCUT2D eigenvalue weighted by molar-refractivity contribution is 6.31. The van der Waals surface area contributed by atoms with Crippen molar-refractivity contribution in [2.75, 3.05) is 13.7 Å². The van der Waals surface area contributed by atoms with Crippen molar-refractivity contribution in [3.05, 3.63) is 28.5 Å².